The molecule has 0 aliphatic rings. The molecule has 0 aliphatic carbocycles. The lowest BCUT2D eigenvalue weighted by molar-refractivity contribution is -0.00000896. The average Bonchev–Trinajstić information content (AvgIpc) is 2.65. The number of halogens is 1. The van der Waals surface area contributed by atoms with E-state index in [4.69, 9.17) is 4.74 Å². The first-order valence-corrected chi connectivity index (χ1v) is 9.10. The molecule has 2 N–H and O–H groups in total. The minimum absolute atomic E-state index is 0. The normalized spacial score (nSPS) is 9.93. The zero-order valence-corrected chi connectivity index (χ0v) is 17.3. The highest BCUT2D eigenvalue weighted by atomic mass is 35.5. The Labute approximate surface area is 168 Å². The Bertz CT molecular complexity index is 733. The second-order valence-electron chi connectivity index (χ2n) is 6.15. The first kappa shape index (κ1) is 22.6. The summed E-state index contributed by atoms with van der Waals surface area (Å²) in [6.07, 6.45) is 0.754. The van der Waals surface area contributed by atoms with Crippen LogP contribution in [0.3, 0.4) is 0 Å². The molecular weight excluding hydrogens is 362 g/mol. The van der Waals surface area contributed by atoms with Crippen LogP contribution in [0, 0.1) is 6.92 Å². The van der Waals surface area contributed by atoms with E-state index < -0.39 is 0 Å². The van der Waals surface area contributed by atoms with Crippen LogP contribution < -0.4 is 32.7 Å². The Hall–Kier alpha value is -2.40. The highest BCUT2D eigenvalue weighted by Gasteiger charge is 2.07. The van der Waals surface area contributed by atoms with Crippen molar-refractivity contribution < 1.29 is 21.9 Å². The first-order chi connectivity index (χ1) is 12.6. The van der Waals surface area contributed by atoms with E-state index in [1.165, 1.54) is 5.69 Å². The van der Waals surface area contributed by atoms with E-state index in [1.54, 1.807) is 7.11 Å². The summed E-state index contributed by atoms with van der Waals surface area (Å²) in [5.74, 6) is 0.830. The lowest BCUT2D eigenvalue weighted by Crippen LogP contribution is -3.00. The number of aryl methyl sites for hydroxylation is 1. The Morgan fingerprint density at radius 3 is 2.48 bits per heavy atom. The van der Waals surface area contributed by atoms with Crippen LogP contribution in [0.2, 0.25) is 0 Å². The second kappa shape index (κ2) is 11.3. The smallest absolute Gasteiger partial charge is 0.319 e. The zero-order chi connectivity index (χ0) is 18.9. The monoisotopic (exact) mass is 390 g/mol. The fourth-order valence-electron chi connectivity index (χ4n) is 2.89. The van der Waals surface area contributed by atoms with Crippen molar-refractivity contribution in [2.45, 2.75) is 27.2 Å². The number of hydrogen-bond donors (Lipinski definition) is 2. The molecule has 0 bridgehead atoms. The largest absolute Gasteiger partial charge is 1.00 e. The van der Waals surface area contributed by atoms with Crippen LogP contribution in [0.5, 0.6) is 5.75 Å². The summed E-state index contributed by atoms with van der Waals surface area (Å²) in [6.45, 7) is 8.79. The van der Waals surface area contributed by atoms with Gasteiger partial charge in [-0.3, -0.25) is 0 Å². The van der Waals surface area contributed by atoms with Crippen LogP contribution in [-0.2, 0) is 6.42 Å². The molecular formula is C21H29ClN3O2-. The SMILES string of the molecule is CCN(CC)c1ccc(NC(=O)NCCc2cccc(OC)c2)c(C)c1.[Cl-]. The number of nitrogens with one attached hydrogen (secondary N) is 2. The maximum absolute atomic E-state index is 12.2. The van der Waals surface area contributed by atoms with Crippen molar-refractivity contribution in [2.24, 2.45) is 0 Å². The number of hydrogen-bond acceptors (Lipinski definition) is 3. The molecule has 27 heavy (non-hydrogen) atoms. The van der Waals surface area contributed by atoms with Gasteiger partial charge in [0.25, 0.3) is 0 Å². The van der Waals surface area contributed by atoms with E-state index in [-0.39, 0.29) is 18.4 Å². The maximum Gasteiger partial charge on any atom is 0.319 e. The van der Waals surface area contributed by atoms with Crippen LogP contribution in [0.1, 0.15) is 25.0 Å². The molecule has 2 aromatic rings. The fourth-order valence-corrected chi connectivity index (χ4v) is 2.89. The van der Waals surface area contributed by atoms with Crippen LogP contribution in [-0.4, -0.2) is 32.8 Å². The lowest BCUT2D eigenvalue weighted by atomic mass is 10.1. The minimum Gasteiger partial charge on any atom is -1.00 e. The van der Waals surface area contributed by atoms with Gasteiger partial charge in [0.15, 0.2) is 0 Å². The number of amides is 2. The van der Waals surface area contributed by atoms with Gasteiger partial charge in [0.05, 0.1) is 7.11 Å². The summed E-state index contributed by atoms with van der Waals surface area (Å²) in [4.78, 5) is 14.4. The maximum atomic E-state index is 12.2. The Morgan fingerprint density at radius 2 is 1.85 bits per heavy atom. The number of carbonyl (C=O) groups is 1. The van der Waals surface area contributed by atoms with Crippen LogP contribution in [0.25, 0.3) is 0 Å². The van der Waals surface area contributed by atoms with Crippen LogP contribution in [0.15, 0.2) is 42.5 Å². The Morgan fingerprint density at radius 1 is 1.11 bits per heavy atom. The number of methoxy groups -OCH3 is 1. The molecule has 0 spiro atoms. The molecule has 2 aromatic carbocycles. The quantitative estimate of drug-likeness (QED) is 0.712. The Kier molecular flexibility index (Phi) is 9.51. The molecule has 0 unspecified atom stereocenters. The lowest BCUT2D eigenvalue weighted by Gasteiger charge is -2.22. The first-order valence-electron chi connectivity index (χ1n) is 9.10. The van der Waals surface area contributed by atoms with Gasteiger partial charge in [-0.15, -0.1) is 0 Å². The molecule has 0 aliphatic heterocycles. The van der Waals surface area contributed by atoms with Crippen LogP contribution >= 0.6 is 0 Å². The van der Waals surface area contributed by atoms with Crippen LogP contribution in [0.4, 0.5) is 16.2 Å². The molecule has 5 nitrogen and oxygen atoms in total. The third-order valence-corrected chi connectivity index (χ3v) is 4.42. The van der Waals surface area contributed by atoms with Gasteiger partial charge >= 0.3 is 6.03 Å². The third-order valence-electron chi connectivity index (χ3n) is 4.42. The number of ether oxygens (including phenoxy) is 1. The van der Waals surface area contributed by atoms with Gasteiger partial charge in [0, 0.05) is 31.0 Å². The third kappa shape index (κ3) is 6.68. The van der Waals surface area contributed by atoms with Crippen molar-refractivity contribution in [1.82, 2.24) is 5.32 Å². The number of urea groups is 1. The Balaban J connectivity index is 0.00000364. The molecule has 6 heteroatoms. The topological polar surface area (TPSA) is 53.6 Å². The molecule has 2 amide bonds. The molecule has 0 aromatic heterocycles. The number of nitrogens with zero attached hydrogens (tertiary/aromatic N) is 1. The molecule has 0 heterocycles. The van der Waals surface area contributed by atoms with Gasteiger partial charge in [0.1, 0.15) is 5.75 Å². The van der Waals surface area contributed by atoms with Crippen molar-refractivity contribution in [2.75, 3.05) is 37.0 Å². The predicted octanol–water partition coefficient (Wildman–Crippen LogP) is 1.22. The van der Waals surface area contributed by atoms with Crippen molar-refractivity contribution >= 4 is 17.4 Å². The van der Waals surface area contributed by atoms with Gasteiger partial charge in [-0.05, 0) is 68.7 Å². The van der Waals surface area contributed by atoms with Gasteiger partial charge < -0.3 is 32.7 Å². The minimum atomic E-state index is -0.188. The summed E-state index contributed by atoms with van der Waals surface area (Å²) in [5.41, 5.74) is 4.19. The summed E-state index contributed by atoms with van der Waals surface area (Å²) in [7, 11) is 1.65. The molecule has 0 fully saturated rings. The fraction of sp³-hybridized carbons (Fsp3) is 0.381. The van der Waals surface area contributed by atoms with Gasteiger partial charge in [-0.1, -0.05) is 12.1 Å². The molecule has 0 saturated carbocycles. The number of rotatable bonds is 8. The summed E-state index contributed by atoms with van der Waals surface area (Å²) in [5, 5.41) is 5.83. The highest BCUT2D eigenvalue weighted by molar-refractivity contribution is 5.90. The highest BCUT2D eigenvalue weighted by Crippen LogP contribution is 2.22. The van der Waals surface area contributed by atoms with E-state index in [2.05, 4.69) is 35.4 Å². The molecule has 2 rings (SSSR count). The average molecular weight is 391 g/mol. The van der Waals surface area contributed by atoms with E-state index in [9.17, 15) is 4.79 Å². The van der Waals surface area contributed by atoms with Gasteiger partial charge in [-0.25, -0.2) is 4.79 Å². The van der Waals surface area contributed by atoms with Gasteiger partial charge in [-0.2, -0.15) is 0 Å². The molecule has 0 saturated heterocycles. The number of benzene rings is 2. The van der Waals surface area contributed by atoms with E-state index in [0.717, 1.165) is 42.1 Å². The molecule has 0 radical (unpaired) electrons. The predicted molar refractivity (Wildman–Crippen MR) is 108 cm³/mol. The van der Waals surface area contributed by atoms with E-state index in [1.807, 2.05) is 43.3 Å². The summed E-state index contributed by atoms with van der Waals surface area (Å²) in [6, 6.07) is 13.8. The van der Waals surface area contributed by atoms with E-state index >= 15 is 0 Å². The molecule has 148 valence electrons. The summed E-state index contributed by atoms with van der Waals surface area (Å²) < 4.78 is 5.21. The standard InChI is InChI=1S/C21H29N3O2.ClH/c1-5-24(6-2)18-10-11-20(16(3)14-18)23-21(25)22-13-12-17-8-7-9-19(15-17)26-4;/h7-11,14-15H,5-6,12-13H2,1-4H3,(H2,22,23,25);1H/p-1. The van der Waals surface area contributed by atoms with Crippen molar-refractivity contribution in [1.29, 1.82) is 0 Å². The second-order valence-corrected chi connectivity index (χ2v) is 6.15. The van der Waals surface area contributed by atoms with Crippen molar-refractivity contribution in [3.05, 3.63) is 53.6 Å². The number of anilines is 2. The number of carbonyl (C=O) groups excluding carboxylic acids is 1. The van der Waals surface area contributed by atoms with Crippen molar-refractivity contribution in [3.8, 4) is 5.75 Å². The van der Waals surface area contributed by atoms with Gasteiger partial charge in [0.2, 0.25) is 0 Å². The molecule has 0 atom stereocenters. The van der Waals surface area contributed by atoms with E-state index in [0.29, 0.717) is 6.54 Å². The summed E-state index contributed by atoms with van der Waals surface area (Å²) >= 11 is 0. The van der Waals surface area contributed by atoms with Crippen molar-refractivity contribution in [3.63, 3.8) is 0 Å². The zero-order valence-electron chi connectivity index (χ0n) is 16.5.